The van der Waals surface area contributed by atoms with Crippen molar-refractivity contribution < 1.29 is 28.8 Å². The molecular weight excluding hydrogens is 448 g/mol. The van der Waals surface area contributed by atoms with Crippen LogP contribution < -0.4 is 11.1 Å². The largest absolute Gasteiger partial charge is 0.369 e. The van der Waals surface area contributed by atoms with Crippen LogP contribution in [0.2, 0.25) is 0 Å². The molecule has 0 bridgehead atoms. The first-order valence-corrected chi connectivity index (χ1v) is 10.3. The Kier molecular flexibility index (Phi) is 45.6. The van der Waals surface area contributed by atoms with E-state index in [4.69, 9.17) is 5.73 Å². The Bertz CT molecular complexity index is 568. The van der Waals surface area contributed by atoms with Gasteiger partial charge in [0.15, 0.2) is 0 Å². The van der Waals surface area contributed by atoms with Crippen LogP contribution in [0.25, 0.3) is 0 Å². The van der Waals surface area contributed by atoms with Crippen LogP contribution in [0, 0.1) is 17.8 Å². The van der Waals surface area contributed by atoms with E-state index in [-0.39, 0.29) is 74.8 Å². The van der Waals surface area contributed by atoms with Gasteiger partial charge >= 0.3 is 0 Å². The summed E-state index contributed by atoms with van der Waals surface area (Å²) in [4.78, 5) is 68.2. The maximum atomic E-state index is 11.9. The molecule has 0 saturated carbocycles. The fourth-order valence-corrected chi connectivity index (χ4v) is 2.74. The lowest BCUT2D eigenvalue weighted by atomic mass is 9.95. The molecule has 214 valence electrons. The summed E-state index contributed by atoms with van der Waals surface area (Å²) in [7, 11) is 0. The topological polar surface area (TPSA) is 140 Å². The van der Waals surface area contributed by atoms with Gasteiger partial charge in [0.05, 0.1) is 17.8 Å². The first-order chi connectivity index (χ1) is 13.6. The van der Waals surface area contributed by atoms with Crippen LogP contribution in [0.5, 0.6) is 0 Å². The van der Waals surface area contributed by atoms with Crippen molar-refractivity contribution in [3.05, 3.63) is 0 Å². The Morgan fingerprint density at radius 2 is 0.743 bits per heavy atom. The molecule has 0 aromatic heterocycles. The molecule has 0 spiro atoms. The quantitative estimate of drug-likeness (QED) is 0.313. The van der Waals surface area contributed by atoms with Gasteiger partial charge in [-0.15, -0.1) is 0 Å². The van der Waals surface area contributed by atoms with Crippen LogP contribution in [0.1, 0.15) is 125 Å². The molecule has 0 aliphatic heterocycles. The van der Waals surface area contributed by atoms with E-state index >= 15 is 0 Å². The normalized spacial score (nSPS) is 10.9. The number of ketones is 3. The molecular formula is C27H60N2O6. The van der Waals surface area contributed by atoms with Crippen molar-refractivity contribution in [3.63, 3.8) is 0 Å². The zero-order valence-corrected chi connectivity index (χ0v) is 18.5. The molecule has 35 heavy (non-hydrogen) atoms. The Morgan fingerprint density at radius 3 is 0.886 bits per heavy atom. The summed E-state index contributed by atoms with van der Waals surface area (Å²) in [6.45, 7) is 10.3. The zero-order valence-electron chi connectivity index (χ0n) is 18.5. The van der Waals surface area contributed by atoms with Crippen LogP contribution in [-0.2, 0) is 28.8 Å². The highest BCUT2D eigenvalue weighted by molar-refractivity contribution is 6.11. The van der Waals surface area contributed by atoms with Gasteiger partial charge in [0.1, 0.15) is 17.3 Å². The highest BCUT2D eigenvalue weighted by Crippen LogP contribution is 2.10. The monoisotopic (exact) mass is 508 g/mol. The van der Waals surface area contributed by atoms with Gasteiger partial charge in [-0.1, -0.05) is 86.1 Å². The lowest BCUT2D eigenvalue weighted by Crippen LogP contribution is -2.43. The minimum atomic E-state index is -0.803. The molecule has 0 heterocycles. The summed E-state index contributed by atoms with van der Waals surface area (Å²) < 4.78 is 0. The van der Waals surface area contributed by atoms with Gasteiger partial charge in [0, 0.05) is 19.3 Å². The number of rotatable bonds is 12. The van der Waals surface area contributed by atoms with Gasteiger partial charge in [0.2, 0.25) is 17.7 Å². The molecule has 0 aromatic rings. The maximum Gasteiger partial charge on any atom is 0.237 e. The Labute approximate surface area is 217 Å². The average molecular weight is 509 g/mol. The van der Waals surface area contributed by atoms with Gasteiger partial charge < -0.3 is 5.73 Å². The van der Waals surface area contributed by atoms with Crippen molar-refractivity contribution in [2.75, 3.05) is 0 Å². The molecule has 3 unspecified atom stereocenters. The standard InChI is InChI=1S/C14H23NO4.C7H13NO2.6CH4/c1-5-9(11(16)7-3)13(18)15-14(19)10(6-2)12(17)8-4;1-3-5(7(8)10)6(9)4-2;;;;;;/h9-10H,5-8H2,1-4H3,(H,15,18,19);5H,3-4H2,1-2H3,(H2,8,10);6*1H4. The summed E-state index contributed by atoms with van der Waals surface area (Å²) in [5.41, 5.74) is 4.96. The van der Waals surface area contributed by atoms with Gasteiger partial charge in [-0.05, 0) is 19.3 Å². The third-order valence-electron chi connectivity index (χ3n) is 4.66. The molecule has 0 saturated heterocycles. The van der Waals surface area contributed by atoms with Crippen LogP contribution in [0.4, 0.5) is 0 Å². The smallest absolute Gasteiger partial charge is 0.237 e. The summed E-state index contributed by atoms with van der Waals surface area (Å²) in [5.74, 6) is -4.31. The van der Waals surface area contributed by atoms with E-state index < -0.39 is 35.5 Å². The van der Waals surface area contributed by atoms with Crippen LogP contribution in [0.3, 0.4) is 0 Å². The van der Waals surface area contributed by atoms with Gasteiger partial charge in [-0.3, -0.25) is 34.1 Å². The predicted octanol–water partition coefficient (Wildman–Crippen LogP) is 5.93. The Morgan fingerprint density at radius 1 is 0.514 bits per heavy atom. The minimum absolute atomic E-state index is 0. The lowest BCUT2D eigenvalue weighted by molar-refractivity contribution is -0.140. The molecule has 0 fully saturated rings. The van der Waals surface area contributed by atoms with E-state index in [0.29, 0.717) is 25.7 Å². The molecule has 3 atom stereocenters. The second-order valence-electron chi connectivity index (χ2n) is 6.60. The summed E-state index contributed by atoms with van der Waals surface area (Å²) in [6, 6.07) is 0. The van der Waals surface area contributed by atoms with Gasteiger partial charge in [-0.2, -0.15) is 0 Å². The maximum absolute atomic E-state index is 11.9. The van der Waals surface area contributed by atoms with E-state index in [1.54, 1.807) is 41.5 Å². The summed E-state index contributed by atoms with van der Waals surface area (Å²) in [5, 5.41) is 2.19. The van der Waals surface area contributed by atoms with E-state index in [1.165, 1.54) is 0 Å². The van der Waals surface area contributed by atoms with Crippen LogP contribution in [-0.4, -0.2) is 35.1 Å². The van der Waals surface area contributed by atoms with E-state index in [1.807, 2.05) is 0 Å². The average Bonchev–Trinajstić information content (AvgIpc) is 2.68. The number of hydrogen-bond acceptors (Lipinski definition) is 6. The van der Waals surface area contributed by atoms with E-state index in [0.717, 1.165) is 0 Å². The molecule has 8 heteroatoms. The number of nitrogens with one attached hydrogen (secondary N) is 1. The van der Waals surface area contributed by atoms with Crippen LogP contribution >= 0.6 is 0 Å². The van der Waals surface area contributed by atoms with Crippen LogP contribution in [0.15, 0.2) is 0 Å². The number of carbonyl (C=O) groups excluding carboxylic acids is 6. The molecule has 3 N–H and O–H groups in total. The first kappa shape index (κ1) is 53.8. The van der Waals surface area contributed by atoms with Gasteiger partial charge in [0.25, 0.3) is 0 Å². The predicted molar refractivity (Wildman–Crippen MR) is 150 cm³/mol. The molecule has 3 amide bonds. The second kappa shape index (κ2) is 29.7. The number of carbonyl (C=O) groups is 6. The molecule has 8 nitrogen and oxygen atoms in total. The number of primary amides is 1. The third-order valence-corrected chi connectivity index (χ3v) is 4.66. The van der Waals surface area contributed by atoms with Crippen molar-refractivity contribution in [3.8, 4) is 0 Å². The van der Waals surface area contributed by atoms with Crippen molar-refractivity contribution in [2.45, 2.75) is 125 Å². The van der Waals surface area contributed by atoms with Crippen molar-refractivity contribution >= 4 is 35.1 Å². The molecule has 0 rings (SSSR count). The third kappa shape index (κ3) is 19.6. The SMILES string of the molecule is C.C.C.C.C.C.CCC(=O)C(CC)C(=O)NC(=O)C(CC)C(=O)CC.CCC(=O)C(CC)C(N)=O. The van der Waals surface area contributed by atoms with Crippen molar-refractivity contribution in [1.29, 1.82) is 0 Å². The molecule has 0 aliphatic rings. The summed E-state index contributed by atoms with van der Waals surface area (Å²) >= 11 is 0. The van der Waals surface area contributed by atoms with E-state index in [2.05, 4.69) is 5.32 Å². The minimum Gasteiger partial charge on any atom is -0.369 e. The molecule has 0 aliphatic carbocycles. The number of amides is 3. The number of imide groups is 1. The number of hydrogen-bond donors (Lipinski definition) is 2. The van der Waals surface area contributed by atoms with Crippen molar-refractivity contribution in [2.24, 2.45) is 23.5 Å². The van der Waals surface area contributed by atoms with Crippen molar-refractivity contribution in [1.82, 2.24) is 5.32 Å². The second-order valence-corrected chi connectivity index (χ2v) is 6.60. The highest BCUT2D eigenvalue weighted by Gasteiger charge is 2.29. The first-order valence-electron chi connectivity index (χ1n) is 10.3. The number of nitrogens with two attached hydrogens (primary N) is 1. The highest BCUT2D eigenvalue weighted by atomic mass is 16.2. The van der Waals surface area contributed by atoms with E-state index in [9.17, 15) is 28.8 Å². The Balaban J connectivity index is -0.0000000668. The summed E-state index contributed by atoms with van der Waals surface area (Å²) in [6.07, 6.45) is 2.12. The zero-order chi connectivity index (χ0) is 23.1. The Hall–Kier alpha value is -2.38. The molecule has 0 radical (unpaired) electrons. The van der Waals surface area contributed by atoms with Gasteiger partial charge in [-0.25, -0.2) is 0 Å². The molecule has 0 aromatic carbocycles. The fraction of sp³-hybridized carbons (Fsp3) is 0.778. The lowest BCUT2D eigenvalue weighted by Gasteiger charge is -2.16. The fourth-order valence-electron chi connectivity index (χ4n) is 2.74. The number of Topliss-reactive ketones (excluding diaryl/α,β-unsaturated/α-hetero) is 3.